The molecular formula is C28H30Cl2N2O4S. The zero-order valence-electron chi connectivity index (χ0n) is 21.1. The fourth-order valence-electron chi connectivity index (χ4n) is 4.19. The molecule has 6 nitrogen and oxygen atoms in total. The molecule has 1 aliphatic carbocycles. The van der Waals surface area contributed by atoms with Crippen LogP contribution in [0, 0.1) is 6.92 Å². The number of amides is 2. The van der Waals surface area contributed by atoms with Crippen LogP contribution < -0.4 is 9.47 Å². The summed E-state index contributed by atoms with van der Waals surface area (Å²) in [5.74, 6) is 0.984. The number of ether oxygens (including phenoxy) is 2. The number of thiophene rings is 1. The highest BCUT2D eigenvalue weighted by molar-refractivity contribution is 7.11. The van der Waals surface area contributed by atoms with Crippen molar-refractivity contribution in [2.45, 2.75) is 38.8 Å². The van der Waals surface area contributed by atoms with Crippen LogP contribution in [0.3, 0.4) is 0 Å². The minimum Gasteiger partial charge on any atom is -0.493 e. The molecule has 0 unspecified atom stereocenters. The van der Waals surface area contributed by atoms with Crippen LogP contribution in [0.2, 0.25) is 10.0 Å². The molecule has 0 N–H and O–H groups in total. The Balaban J connectivity index is 1.52. The zero-order valence-corrected chi connectivity index (χ0v) is 23.5. The Bertz CT molecular complexity index is 1250. The molecule has 1 fully saturated rings. The molecule has 9 heteroatoms. The number of carbonyl (C=O) groups excluding carboxylic acids is 2. The van der Waals surface area contributed by atoms with Gasteiger partial charge in [-0.15, -0.1) is 11.3 Å². The van der Waals surface area contributed by atoms with Crippen LogP contribution >= 0.6 is 34.5 Å². The lowest BCUT2D eigenvalue weighted by molar-refractivity contribution is -0.132. The van der Waals surface area contributed by atoms with Crippen LogP contribution in [0.15, 0.2) is 48.5 Å². The molecule has 2 amide bonds. The Morgan fingerprint density at radius 1 is 0.973 bits per heavy atom. The minimum atomic E-state index is -0.230. The molecule has 0 bridgehead atoms. The first-order valence-electron chi connectivity index (χ1n) is 12.1. The number of methoxy groups -OCH3 is 2. The van der Waals surface area contributed by atoms with Crippen LogP contribution in [0.1, 0.15) is 38.5 Å². The van der Waals surface area contributed by atoms with E-state index in [4.69, 9.17) is 32.7 Å². The van der Waals surface area contributed by atoms with Crippen LogP contribution in [-0.2, 0) is 17.8 Å². The first kappa shape index (κ1) is 27.3. The molecule has 0 aliphatic heterocycles. The van der Waals surface area contributed by atoms with Crippen LogP contribution in [0.5, 0.6) is 11.5 Å². The van der Waals surface area contributed by atoms with Crippen LogP contribution in [0.4, 0.5) is 0 Å². The largest absolute Gasteiger partial charge is 0.493 e. The van der Waals surface area contributed by atoms with Gasteiger partial charge in [0, 0.05) is 37.9 Å². The number of hydrogen-bond donors (Lipinski definition) is 0. The Kier molecular flexibility index (Phi) is 9.00. The van der Waals surface area contributed by atoms with Crippen molar-refractivity contribution < 1.29 is 19.1 Å². The van der Waals surface area contributed by atoms with Gasteiger partial charge in [0.25, 0.3) is 5.91 Å². The van der Waals surface area contributed by atoms with Gasteiger partial charge in [0.05, 0.1) is 20.8 Å². The third-order valence-electron chi connectivity index (χ3n) is 6.28. The Hall–Kier alpha value is -2.74. The molecule has 196 valence electrons. The summed E-state index contributed by atoms with van der Waals surface area (Å²) in [5.41, 5.74) is 1.42. The van der Waals surface area contributed by atoms with Gasteiger partial charge in [0.15, 0.2) is 11.5 Å². The molecule has 1 aromatic heterocycles. The van der Waals surface area contributed by atoms with Crippen molar-refractivity contribution in [3.8, 4) is 11.5 Å². The fraction of sp³-hybridized carbons (Fsp3) is 0.357. The van der Waals surface area contributed by atoms with E-state index in [2.05, 4.69) is 12.1 Å². The maximum absolute atomic E-state index is 13.7. The van der Waals surface area contributed by atoms with Gasteiger partial charge in [-0.05, 0) is 74.2 Å². The number of rotatable bonds is 11. The highest BCUT2D eigenvalue weighted by Crippen LogP contribution is 2.31. The highest BCUT2D eigenvalue weighted by atomic mass is 35.5. The number of benzene rings is 2. The van der Waals surface area contributed by atoms with Crippen molar-refractivity contribution in [1.29, 1.82) is 0 Å². The van der Waals surface area contributed by atoms with Gasteiger partial charge in [0.1, 0.15) is 6.54 Å². The predicted molar refractivity (Wildman–Crippen MR) is 148 cm³/mol. The fourth-order valence-corrected chi connectivity index (χ4v) is 5.62. The Morgan fingerprint density at radius 3 is 2.27 bits per heavy atom. The van der Waals surface area contributed by atoms with Crippen molar-refractivity contribution in [3.05, 3.63) is 79.5 Å². The van der Waals surface area contributed by atoms with E-state index >= 15 is 0 Å². The van der Waals surface area contributed by atoms with Gasteiger partial charge in [-0.1, -0.05) is 29.3 Å². The van der Waals surface area contributed by atoms with E-state index in [0.29, 0.717) is 46.6 Å². The lowest BCUT2D eigenvalue weighted by atomic mass is 10.1. The van der Waals surface area contributed by atoms with E-state index in [1.807, 2.05) is 30.0 Å². The van der Waals surface area contributed by atoms with Crippen molar-refractivity contribution in [1.82, 2.24) is 9.80 Å². The summed E-state index contributed by atoms with van der Waals surface area (Å²) in [4.78, 5) is 32.8. The van der Waals surface area contributed by atoms with Crippen LogP contribution in [0.25, 0.3) is 0 Å². The molecule has 1 saturated carbocycles. The summed E-state index contributed by atoms with van der Waals surface area (Å²) in [6.45, 7) is 3.04. The topological polar surface area (TPSA) is 59.1 Å². The molecule has 0 radical (unpaired) electrons. The van der Waals surface area contributed by atoms with Gasteiger partial charge in [-0.25, -0.2) is 0 Å². The molecule has 1 aliphatic rings. The maximum atomic E-state index is 13.7. The molecule has 3 aromatic rings. The number of carbonyl (C=O) groups is 2. The third kappa shape index (κ3) is 7.18. The first-order valence-corrected chi connectivity index (χ1v) is 13.7. The SMILES string of the molecule is COc1ccc(CCN(Cc2ccc(C)s2)C(=O)CN(C(=O)c2cc(Cl)cc(Cl)c2)C2CC2)cc1OC. The van der Waals surface area contributed by atoms with E-state index in [1.165, 1.54) is 4.88 Å². The lowest BCUT2D eigenvalue weighted by Gasteiger charge is -2.28. The quantitative estimate of drug-likeness (QED) is 0.278. The standard InChI is InChI=1S/C28H30Cl2N2O4S/c1-18-4-8-24(37-18)16-31(11-10-19-5-9-25(35-2)26(12-19)36-3)27(33)17-32(23-6-7-23)28(34)20-13-21(29)15-22(30)14-20/h4-5,8-9,12-15,23H,6-7,10-11,16-17H2,1-3H3. The van der Waals surface area contributed by atoms with Crippen molar-refractivity contribution in [3.63, 3.8) is 0 Å². The summed E-state index contributed by atoms with van der Waals surface area (Å²) in [6.07, 6.45) is 2.39. The van der Waals surface area contributed by atoms with E-state index in [0.717, 1.165) is 23.3 Å². The molecule has 1 heterocycles. The molecule has 2 aromatic carbocycles. The monoisotopic (exact) mass is 560 g/mol. The van der Waals surface area contributed by atoms with Gasteiger partial charge >= 0.3 is 0 Å². The Labute approximate surface area is 231 Å². The lowest BCUT2D eigenvalue weighted by Crippen LogP contribution is -2.44. The summed E-state index contributed by atoms with van der Waals surface area (Å²) in [5, 5.41) is 0.782. The number of aryl methyl sites for hydroxylation is 1. The smallest absolute Gasteiger partial charge is 0.254 e. The average molecular weight is 562 g/mol. The summed E-state index contributed by atoms with van der Waals surface area (Å²) < 4.78 is 10.8. The summed E-state index contributed by atoms with van der Waals surface area (Å²) in [6, 6.07) is 14.7. The molecular weight excluding hydrogens is 531 g/mol. The summed E-state index contributed by atoms with van der Waals surface area (Å²) >= 11 is 13.9. The van der Waals surface area contributed by atoms with Crippen molar-refractivity contribution in [2.75, 3.05) is 27.3 Å². The van der Waals surface area contributed by atoms with Gasteiger partial charge in [0.2, 0.25) is 5.91 Å². The van der Waals surface area contributed by atoms with Crippen molar-refractivity contribution >= 4 is 46.4 Å². The average Bonchev–Trinajstić information content (AvgIpc) is 3.64. The second-order valence-electron chi connectivity index (χ2n) is 9.09. The highest BCUT2D eigenvalue weighted by Gasteiger charge is 2.35. The van der Waals surface area contributed by atoms with E-state index in [9.17, 15) is 9.59 Å². The first-order chi connectivity index (χ1) is 17.8. The maximum Gasteiger partial charge on any atom is 0.254 e. The van der Waals surface area contributed by atoms with Gasteiger partial charge in [-0.3, -0.25) is 9.59 Å². The van der Waals surface area contributed by atoms with Crippen LogP contribution in [-0.4, -0.2) is 55.0 Å². The van der Waals surface area contributed by atoms with E-state index in [1.54, 1.807) is 48.7 Å². The predicted octanol–water partition coefficient (Wildman–Crippen LogP) is 6.26. The normalized spacial score (nSPS) is 12.8. The van der Waals surface area contributed by atoms with Crippen molar-refractivity contribution in [2.24, 2.45) is 0 Å². The van der Waals surface area contributed by atoms with E-state index in [-0.39, 0.29) is 24.4 Å². The zero-order chi connectivity index (χ0) is 26.5. The second-order valence-corrected chi connectivity index (χ2v) is 11.3. The molecule has 0 atom stereocenters. The number of nitrogens with zero attached hydrogens (tertiary/aromatic N) is 2. The summed E-state index contributed by atoms with van der Waals surface area (Å²) in [7, 11) is 3.21. The molecule has 0 spiro atoms. The number of halogens is 2. The second kappa shape index (κ2) is 12.2. The Morgan fingerprint density at radius 2 is 1.68 bits per heavy atom. The molecule has 4 rings (SSSR count). The number of hydrogen-bond acceptors (Lipinski definition) is 5. The van der Waals surface area contributed by atoms with Gasteiger partial charge in [-0.2, -0.15) is 0 Å². The van der Waals surface area contributed by atoms with E-state index < -0.39 is 0 Å². The molecule has 37 heavy (non-hydrogen) atoms. The molecule has 0 saturated heterocycles. The minimum absolute atomic E-state index is 0.00389. The van der Waals surface area contributed by atoms with Gasteiger partial charge < -0.3 is 19.3 Å². The third-order valence-corrected chi connectivity index (χ3v) is 7.70.